The van der Waals surface area contributed by atoms with Gasteiger partial charge in [-0.25, -0.2) is 4.98 Å². The monoisotopic (exact) mass is 262 g/mol. The van der Waals surface area contributed by atoms with Crippen LogP contribution in [0.4, 0.5) is 5.69 Å². The Labute approximate surface area is 111 Å². The lowest BCUT2D eigenvalue weighted by Gasteiger charge is -2.18. The topological polar surface area (TPSA) is 55.0 Å². The second kappa shape index (κ2) is 5.46. The van der Waals surface area contributed by atoms with Gasteiger partial charge in [-0.05, 0) is 26.0 Å². The molecule has 2 rings (SSSR count). The highest BCUT2D eigenvalue weighted by atomic mass is 32.1. The van der Waals surface area contributed by atoms with Crippen molar-refractivity contribution in [3.8, 4) is 0 Å². The number of nitrogens with zero attached hydrogens (tertiary/aromatic N) is 3. The zero-order chi connectivity index (χ0) is 13.1. The fraction of sp³-hybridized carbons (Fsp3) is 0.385. The molecule has 0 aliphatic carbocycles. The van der Waals surface area contributed by atoms with Crippen LogP contribution in [0.25, 0.3) is 0 Å². The molecule has 18 heavy (non-hydrogen) atoms. The molecular weight excluding hydrogens is 244 g/mol. The fourth-order valence-corrected chi connectivity index (χ4v) is 2.51. The summed E-state index contributed by atoms with van der Waals surface area (Å²) in [6, 6.07) is 4.02. The van der Waals surface area contributed by atoms with Gasteiger partial charge in [0.2, 0.25) is 0 Å². The Kier molecular flexibility index (Phi) is 3.93. The molecule has 96 valence electrons. The summed E-state index contributed by atoms with van der Waals surface area (Å²) < 4.78 is 0. The molecule has 2 N–H and O–H groups in total. The van der Waals surface area contributed by atoms with Crippen LogP contribution in [0.5, 0.6) is 0 Å². The molecule has 2 aromatic rings. The van der Waals surface area contributed by atoms with Crippen molar-refractivity contribution in [2.24, 2.45) is 5.73 Å². The first-order chi connectivity index (χ1) is 8.58. The van der Waals surface area contributed by atoms with Gasteiger partial charge in [-0.1, -0.05) is 0 Å². The summed E-state index contributed by atoms with van der Waals surface area (Å²) in [6.07, 6.45) is 1.87. The van der Waals surface area contributed by atoms with Crippen LogP contribution >= 0.6 is 11.3 Å². The quantitative estimate of drug-likeness (QED) is 0.920. The number of aryl methyl sites for hydroxylation is 1. The summed E-state index contributed by atoms with van der Waals surface area (Å²) in [6.45, 7) is 4.83. The maximum absolute atomic E-state index is 5.79. The zero-order valence-electron chi connectivity index (χ0n) is 10.9. The summed E-state index contributed by atoms with van der Waals surface area (Å²) in [5.41, 5.74) is 10.8. The molecular formula is C13H18N4S. The molecule has 0 radical (unpaired) electrons. The van der Waals surface area contributed by atoms with Crippen LogP contribution in [-0.4, -0.2) is 17.0 Å². The molecule has 0 aliphatic rings. The van der Waals surface area contributed by atoms with E-state index in [0.717, 1.165) is 23.6 Å². The lowest BCUT2D eigenvalue weighted by molar-refractivity contribution is 0.779. The van der Waals surface area contributed by atoms with Gasteiger partial charge >= 0.3 is 0 Å². The van der Waals surface area contributed by atoms with Gasteiger partial charge in [0.1, 0.15) is 0 Å². The molecule has 1 atom stereocenters. The van der Waals surface area contributed by atoms with Gasteiger partial charge in [0, 0.05) is 18.0 Å². The molecule has 0 unspecified atom stereocenters. The van der Waals surface area contributed by atoms with Crippen molar-refractivity contribution in [3.63, 3.8) is 0 Å². The summed E-state index contributed by atoms with van der Waals surface area (Å²) >= 11 is 1.69. The van der Waals surface area contributed by atoms with E-state index in [0.29, 0.717) is 0 Å². The van der Waals surface area contributed by atoms with Gasteiger partial charge < -0.3 is 10.6 Å². The van der Waals surface area contributed by atoms with Crippen LogP contribution in [0, 0.1) is 6.92 Å². The van der Waals surface area contributed by atoms with Gasteiger partial charge in [0.15, 0.2) is 0 Å². The van der Waals surface area contributed by atoms with Gasteiger partial charge in [-0.3, -0.25) is 4.98 Å². The zero-order valence-corrected chi connectivity index (χ0v) is 11.7. The highest BCUT2D eigenvalue weighted by molar-refractivity contribution is 7.09. The molecule has 0 aliphatic heterocycles. The molecule has 2 aromatic heterocycles. The van der Waals surface area contributed by atoms with Gasteiger partial charge in [-0.2, -0.15) is 0 Å². The van der Waals surface area contributed by atoms with Crippen molar-refractivity contribution in [1.82, 2.24) is 9.97 Å². The normalized spacial score (nSPS) is 12.4. The van der Waals surface area contributed by atoms with Crippen molar-refractivity contribution in [1.29, 1.82) is 0 Å². The average Bonchev–Trinajstić information content (AvgIpc) is 2.75. The molecule has 0 fully saturated rings. The van der Waals surface area contributed by atoms with Gasteiger partial charge in [0.25, 0.3) is 0 Å². The smallest absolute Gasteiger partial charge is 0.0798 e. The fourth-order valence-electron chi connectivity index (χ4n) is 1.68. The number of nitrogens with two attached hydrogens (primary N) is 1. The number of hydrogen-bond donors (Lipinski definition) is 1. The highest BCUT2D eigenvalue weighted by Gasteiger charge is 2.08. The van der Waals surface area contributed by atoms with Gasteiger partial charge in [0.05, 0.1) is 35.3 Å². The second-order valence-electron chi connectivity index (χ2n) is 4.45. The predicted molar refractivity (Wildman–Crippen MR) is 75.8 cm³/mol. The minimum atomic E-state index is -0.0203. The summed E-state index contributed by atoms with van der Waals surface area (Å²) in [5, 5.41) is 0. The molecule has 2 heterocycles. The Balaban J connectivity index is 2.09. The van der Waals surface area contributed by atoms with E-state index in [4.69, 9.17) is 5.73 Å². The first-order valence-corrected chi connectivity index (χ1v) is 6.77. The number of anilines is 1. The Hall–Kier alpha value is -1.46. The van der Waals surface area contributed by atoms with E-state index in [1.165, 1.54) is 4.88 Å². The minimum absolute atomic E-state index is 0.0203. The third kappa shape index (κ3) is 2.86. The molecule has 0 spiro atoms. The molecule has 0 amide bonds. The van der Waals surface area contributed by atoms with Crippen molar-refractivity contribution in [3.05, 3.63) is 40.1 Å². The first kappa shape index (κ1) is 13.0. The van der Waals surface area contributed by atoms with Gasteiger partial charge in [-0.15, -0.1) is 11.3 Å². The second-order valence-corrected chi connectivity index (χ2v) is 5.39. The standard InChI is InChI=1S/C13H18N4S/c1-9(14)12-5-4-11(6-15-12)17(3)7-13-10(2)16-8-18-13/h4-6,8-9H,7,14H2,1-3H3/t9-/m1/s1. The largest absolute Gasteiger partial charge is 0.368 e. The molecule has 4 nitrogen and oxygen atoms in total. The van der Waals surface area contributed by atoms with Crippen LogP contribution in [0.15, 0.2) is 23.8 Å². The van der Waals surface area contributed by atoms with Crippen molar-refractivity contribution < 1.29 is 0 Å². The Bertz CT molecular complexity index is 504. The molecule has 5 heteroatoms. The number of aromatic nitrogens is 2. The lowest BCUT2D eigenvalue weighted by Crippen LogP contribution is -2.17. The van der Waals surface area contributed by atoms with E-state index in [1.807, 2.05) is 31.6 Å². The Morgan fingerprint density at radius 2 is 2.17 bits per heavy atom. The molecule has 0 saturated heterocycles. The maximum atomic E-state index is 5.79. The average molecular weight is 262 g/mol. The summed E-state index contributed by atoms with van der Waals surface area (Å²) in [4.78, 5) is 12.1. The lowest BCUT2D eigenvalue weighted by atomic mass is 10.2. The number of pyridine rings is 1. The number of rotatable bonds is 4. The van der Waals surface area contributed by atoms with Crippen molar-refractivity contribution in [2.45, 2.75) is 26.4 Å². The van der Waals surface area contributed by atoms with Crippen molar-refractivity contribution in [2.75, 3.05) is 11.9 Å². The van der Waals surface area contributed by atoms with E-state index < -0.39 is 0 Å². The number of hydrogen-bond acceptors (Lipinski definition) is 5. The minimum Gasteiger partial charge on any atom is -0.368 e. The maximum Gasteiger partial charge on any atom is 0.0798 e. The SMILES string of the molecule is Cc1ncsc1CN(C)c1ccc([C@@H](C)N)nc1. The van der Waals surface area contributed by atoms with Crippen LogP contribution < -0.4 is 10.6 Å². The van der Waals surface area contributed by atoms with Crippen LogP contribution in [-0.2, 0) is 6.54 Å². The van der Waals surface area contributed by atoms with E-state index in [1.54, 1.807) is 11.3 Å². The van der Waals surface area contributed by atoms with E-state index in [9.17, 15) is 0 Å². The van der Waals surface area contributed by atoms with E-state index in [2.05, 4.69) is 28.0 Å². The third-order valence-corrected chi connectivity index (χ3v) is 3.82. The van der Waals surface area contributed by atoms with E-state index >= 15 is 0 Å². The Morgan fingerprint density at radius 1 is 1.39 bits per heavy atom. The Morgan fingerprint density at radius 3 is 2.67 bits per heavy atom. The van der Waals surface area contributed by atoms with Crippen LogP contribution in [0.1, 0.15) is 29.2 Å². The number of thiazole rings is 1. The molecule has 0 saturated carbocycles. The van der Waals surface area contributed by atoms with Crippen LogP contribution in [0.3, 0.4) is 0 Å². The summed E-state index contributed by atoms with van der Waals surface area (Å²) in [7, 11) is 2.06. The predicted octanol–water partition coefficient (Wildman–Crippen LogP) is 2.50. The third-order valence-electron chi connectivity index (χ3n) is 2.90. The molecule has 0 bridgehead atoms. The summed E-state index contributed by atoms with van der Waals surface area (Å²) in [5.74, 6) is 0. The molecule has 0 aromatic carbocycles. The van der Waals surface area contributed by atoms with Crippen LogP contribution in [0.2, 0.25) is 0 Å². The van der Waals surface area contributed by atoms with Crippen molar-refractivity contribution >= 4 is 17.0 Å². The first-order valence-electron chi connectivity index (χ1n) is 5.89. The highest BCUT2D eigenvalue weighted by Crippen LogP contribution is 2.19. The van der Waals surface area contributed by atoms with E-state index in [-0.39, 0.29) is 6.04 Å².